The summed E-state index contributed by atoms with van der Waals surface area (Å²) in [4.78, 5) is 23.9. The largest absolute Gasteiger partial charge is 0.356 e. The molecule has 0 aliphatic rings. The van der Waals surface area contributed by atoms with Crippen molar-refractivity contribution in [2.24, 2.45) is 0 Å². The molecule has 0 rings (SSSR count). The number of amides is 2. The van der Waals surface area contributed by atoms with Gasteiger partial charge in [0, 0.05) is 25.9 Å². The highest BCUT2D eigenvalue weighted by molar-refractivity contribution is 5.76. The first-order chi connectivity index (χ1) is 17.7. The van der Waals surface area contributed by atoms with Gasteiger partial charge in [0.1, 0.15) is 0 Å². The number of carbonyl (C=O) groups excluding carboxylic acids is 2. The van der Waals surface area contributed by atoms with Crippen LogP contribution in [0.2, 0.25) is 0 Å². The Balaban J connectivity index is 3.25. The summed E-state index contributed by atoms with van der Waals surface area (Å²) in [6.45, 7) is 6.11. The Bertz CT molecular complexity index is 425. The fourth-order valence-corrected chi connectivity index (χ4v) is 4.78. The van der Waals surface area contributed by atoms with Gasteiger partial charge in [0.05, 0.1) is 0 Å². The molecule has 4 nitrogen and oxygen atoms in total. The van der Waals surface area contributed by atoms with Crippen LogP contribution in [0.5, 0.6) is 0 Å². The SMILES string of the molecule is CCCCCCCCCCCCC(=O)NCCCCCCNC(=O)CCCCCCCCCCCC. The smallest absolute Gasteiger partial charge is 0.219 e. The molecule has 0 aromatic carbocycles. The molecule has 0 aromatic rings. The fourth-order valence-electron chi connectivity index (χ4n) is 4.78. The minimum Gasteiger partial charge on any atom is -0.356 e. The predicted molar refractivity (Wildman–Crippen MR) is 157 cm³/mol. The molecule has 0 fully saturated rings. The van der Waals surface area contributed by atoms with Gasteiger partial charge in [-0.2, -0.15) is 0 Å². The molecule has 2 N–H and O–H groups in total. The van der Waals surface area contributed by atoms with Gasteiger partial charge in [-0.15, -0.1) is 0 Å². The molecule has 0 radical (unpaired) electrons. The average molecular weight is 509 g/mol. The summed E-state index contributed by atoms with van der Waals surface area (Å²) in [6.07, 6.45) is 31.8. The Labute approximate surface area is 225 Å². The van der Waals surface area contributed by atoms with Gasteiger partial charge in [0.2, 0.25) is 11.8 Å². The van der Waals surface area contributed by atoms with Crippen LogP contribution in [0.4, 0.5) is 0 Å². The van der Waals surface area contributed by atoms with Gasteiger partial charge in [-0.1, -0.05) is 142 Å². The van der Waals surface area contributed by atoms with Gasteiger partial charge in [-0.05, 0) is 25.7 Å². The second-order valence-corrected chi connectivity index (χ2v) is 11.0. The first-order valence-corrected chi connectivity index (χ1v) is 16.2. The zero-order chi connectivity index (χ0) is 26.4. The van der Waals surface area contributed by atoms with Crippen molar-refractivity contribution in [3.05, 3.63) is 0 Å². The molecule has 0 aliphatic carbocycles. The molecule has 0 aromatic heterocycles. The molecule has 0 saturated carbocycles. The van der Waals surface area contributed by atoms with Crippen LogP contribution in [0.15, 0.2) is 0 Å². The normalized spacial score (nSPS) is 11.1. The van der Waals surface area contributed by atoms with E-state index in [0.29, 0.717) is 12.8 Å². The molecular formula is C32H64N2O2. The summed E-state index contributed by atoms with van der Waals surface area (Å²) >= 11 is 0. The minimum absolute atomic E-state index is 0.216. The Morgan fingerprint density at radius 2 is 0.611 bits per heavy atom. The summed E-state index contributed by atoms with van der Waals surface area (Å²) in [5.74, 6) is 0.433. The quantitative estimate of drug-likeness (QED) is 0.0988. The molecule has 0 aliphatic heterocycles. The van der Waals surface area contributed by atoms with Gasteiger partial charge in [-0.25, -0.2) is 0 Å². The fraction of sp³-hybridized carbons (Fsp3) is 0.938. The van der Waals surface area contributed by atoms with Crippen LogP contribution in [0.25, 0.3) is 0 Å². The Kier molecular flexibility index (Phi) is 29.3. The average Bonchev–Trinajstić information content (AvgIpc) is 2.87. The third kappa shape index (κ3) is 29.2. The zero-order valence-corrected chi connectivity index (χ0v) is 24.6. The van der Waals surface area contributed by atoms with Gasteiger partial charge in [0.25, 0.3) is 0 Å². The van der Waals surface area contributed by atoms with Crippen molar-refractivity contribution in [3.8, 4) is 0 Å². The van der Waals surface area contributed by atoms with Gasteiger partial charge < -0.3 is 10.6 Å². The highest BCUT2D eigenvalue weighted by Crippen LogP contribution is 2.12. The summed E-state index contributed by atoms with van der Waals surface area (Å²) in [7, 11) is 0. The van der Waals surface area contributed by atoms with E-state index in [1.165, 1.54) is 116 Å². The molecule has 0 spiro atoms. The van der Waals surface area contributed by atoms with Crippen molar-refractivity contribution in [3.63, 3.8) is 0 Å². The van der Waals surface area contributed by atoms with Crippen LogP contribution in [0.1, 0.15) is 181 Å². The first kappa shape index (κ1) is 34.9. The number of hydrogen-bond donors (Lipinski definition) is 2. The lowest BCUT2D eigenvalue weighted by molar-refractivity contribution is -0.122. The number of unbranched alkanes of at least 4 members (excludes halogenated alkanes) is 21. The van der Waals surface area contributed by atoms with E-state index in [1.54, 1.807) is 0 Å². The lowest BCUT2D eigenvalue weighted by Gasteiger charge is -2.07. The molecule has 0 heterocycles. The van der Waals surface area contributed by atoms with Crippen molar-refractivity contribution in [2.45, 2.75) is 181 Å². The topological polar surface area (TPSA) is 58.2 Å². The minimum atomic E-state index is 0.216. The zero-order valence-electron chi connectivity index (χ0n) is 24.6. The summed E-state index contributed by atoms with van der Waals surface area (Å²) < 4.78 is 0. The van der Waals surface area contributed by atoms with Crippen LogP contribution >= 0.6 is 0 Å². The summed E-state index contributed by atoms with van der Waals surface area (Å²) in [5.41, 5.74) is 0. The Morgan fingerprint density at radius 3 is 0.917 bits per heavy atom. The first-order valence-electron chi connectivity index (χ1n) is 16.2. The second kappa shape index (κ2) is 30.2. The number of nitrogens with one attached hydrogen (secondary N) is 2. The summed E-state index contributed by atoms with van der Waals surface area (Å²) in [5, 5.41) is 6.13. The molecular weight excluding hydrogens is 444 g/mol. The molecule has 214 valence electrons. The molecule has 0 saturated heterocycles. The molecule has 0 bridgehead atoms. The van der Waals surface area contributed by atoms with Crippen LogP contribution in [0, 0.1) is 0 Å². The Hall–Kier alpha value is -1.06. The van der Waals surface area contributed by atoms with E-state index in [0.717, 1.165) is 51.6 Å². The monoisotopic (exact) mass is 508 g/mol. The Morgan fingerprint density at radius 1 is 0.361 bits per heavy atom. The van der Waals surface area contributed by atoms with Crippen LogP contribution in [0.3, 0.4) is 0 Å². The second-order valence-electron chi connectivity index (χ2n) is 11.0. The van der Waals surface area contributed by atoms with Crippen LogP contribution < -0.4 is 10.6 Å². The maximum atomic E-state index is 11.9. The van der Waals surface area contributed by atoms with Gasteiger partial charge >= 0.3 is 0 Å². The van der Waals surface area contributed by atoms with E-state index in [-0.39, 0.29) is 11.8 Å². The van der Waals surface area contributed by atoms with E-state index in [1.807, 2.05) is 0 Å². The number of rotatable bonds is 29. The maximum Gasteiger partial charge on any atom is 0.219 e. The molecule has 2 amide bonds. The lowest BCUT2D eigenvalue weighted by Crippen LogP contribution is -2.24. The molecule has 4 heteroatoms. The molecule has 0 atom stereocenters. The number of carbonyl (C=O) groups is 2. The van der Waals surface area contributed by atoms with Crippen molar-refractivity contribution in [1.29, 1.82) is 0 Å². The van der Waals surface area contributed by atoms with E-state index in [4.69, 9.17) is 0 Å². The molecule has 36 heavy (non-hydrogen) atoms. The van der Waals surface area contributed by atoms with Gasteiger partial charge in [0.15, 0.2) is 0 Å². The third-order valence-corrected chi connectivity index (χ3v) is 7.26. The third-order valence-electron chi connectivity index (χ3n) is 7.26. The van der Waals surface area contributed by atoms with Crippen molar-refractivity contribution >= 4 is 11.8 Å². The van der Waals surface area contributed by atoms with Crippen molar-refractivity contribution in [1.82, 2.24) is 10.6 Å². The maximum absolute atomic E-state index is 11.9. The van der Waals surface area contributed by atoms with Crippen LogP contribution in [-0.4, -0.2) is 24.9 Å². The van der Waals surface area contributed by atoms with E-state index >= 15 is 0 Å². The van der Waals surface area contributed by atoms with E-state index in [9.17, 15) is 9.59 Å². The van der Waals surface area contributed by atoms with Crippen LogP contribution in [-0.2, 0) is 9.59 Å². The van der Waals surface area contributed by atoms with Crippen molar-refractivity contribution < 1.29 is 9.59 Å². The predicted octanol–water partition coefficient (Wildman–Crippen LogP) is 9.40. The standard InChI is InChI=1S/C32H64N2O2/c1-3-5-7-9-11-13-15-17-19-23-27-31(35)33-29-25-21-22-26-30-34-32(36)28-24-20-18-16-14-12-10-8-6-4-2/h3-30H2,1-2H3,(H,33,35)(H,34,36). The van der Waals surface area contributed by atoms with Gasteiger partial charge in [-0.3, -0.25) is 9.59 Å². The summed E-state index contributed by atoms with van der Waals surface area (Å²) in [6, 6.07) is 0. The van der Waals surface area contributed by atoms with Crippen molar-refractivity contribution in [2.75, 3.05) is 13.1 Å². The van der Waals surface area contributed by atoms with E-state index < -0.39 is 0 Å². The molecule has 0 unspecified atom stereocenters. The highest BCUT2D eigenvalue weighted by Gasteiger charge is 2.02. The lowest BCUT2D eigenvalue weighted by atomic mass is 10.1. The highest BCUT2D eigenvalue weighted by atomic mass is 16.2. The van der Waals surface area contributed by atoms with E-state index in [2.05, 4.69) is 24.5 Å². The number of hydrogen-bond acceptors (Lipinski definition) is 2.